The fourth-order valence-corrected chi connectivity index (χ4v) is 3.89. The highest BCUT2D eigenvalue weighted by molar-refractivity contribution is 5.90. The molecule has 1 saturated heterocycles. The summed E-state index contributed by atoms with van der Waals surface area (Å²) in [5, 5.41) is 3.48. The van der Waals surface area contributed by atoms with Gasteiger partial charge in [-0.15, -0.1) is 0 Å². The van der Waals surface area contributed by atoms with Gasteiger partial charge in [-0.05, 0) is 41.1 Å². The van der Waals surface area contributed by atoms with Crippen molar-refractivity contribution in [1.82, 2.24) is 15.0 Å². The van der Waals surface area contributed by atoms with E-state index in [0.29, 0.717) is 13.1 Å². The first kappa shape index (κ1) is 14.2. The zero-order valence-electron chi connectivity index (χ0n) is 12.4. The molecule has 2 heterocycles. The van der Waals surface area contributed by atoms with Crippen LogP contribution in [0.15, 0.2) is 33.6 Å². The normalized spacial score (nSPS) is 22.3. The highest BCUT2D eigenvalue weighted by atomic mass is 19.1. The number of H-pyrrole nitrogens is 1. The second-order valence-electron chi connectivity index (χ2n) is 6.45. The van der Waals surface area contributed by atoms with Gasteiger partial charge in [0.2, 0.25) is 5.82 Å². The van der Waals surface area contributed by atoms with E-state index in [2.05, 4.69) is 14.7 Å². The van der Waals surface area contributed by atoms with Gasteiger partial charge in [-0.25, -0.2) is 9.18 Å². The maximum atomic E-state index is 13.2. The van der Waals surface area contributed by atoms with E-state index in [9.17, 15) is 14.0 Å². The van der Waals surface area contributed by atoms with Crippen LogP contribution in [0.4, 0.5) is 4.39 Å². The van der Waals surface area contributed by atoms with Crippen molar-refractivity contribution in [2.45, 2.75) is 25.2 Å². The molecule has 0 bridgehead atoms. The Morgan fingerprint density at radius 2 is 2.09 bits per heavy atom. The lowest BCUT2D eigenvalue weighted by Crippen LogP contribution is -2.38. The number of carbonyl (C=O) groups excluding carboxylic acids is 1. The van der Waals surface area contributed by atoms with Crippen LogP contribution in [0.3, 0.4) is 0 Å². The quantitative estimate of drug-likeness (QED) is 0.917. The Morgan fingerprint density at radius 3 is 2.65 bits per heavy atom. The molecule has 0 unspecified atom stereocenters. The number of aromatic nitrogens is 2. The first-order chi connectivity index (χ1) is 11.1. The van der Waals surface area contributed by atoms with Crippen molar-refractivity contribution in [3.05, 3.63) is 52.0 Å². The van der Waals surface area contributed by atoms with E-state index in [-0.39, 0.29) is 28.9 Å². The van der Waals surface area contributed by atoms with E-state index in [1.807, 2.05) is 0 Å². The molecule has 1 aliphatic heterocycles. The Morgan fingerprint density at radius 1 is 1.35 bits per heavy atom. The minimum Gasteiger partial charge on any atom is -0.335 e. The van der Waals surface area contributed by atoms with Gasteiger partial charge in [-0.3, -0.25) is 14.3 Å². The van der Waals surface area contributed by atoms with Crippen molar-refractivity contribution in [2.24, 2.45) is 5.41 Å². The number of halogens is 1. The van der Waals surface area contributed by atoms with Crippen LogP contribution < -0.4 is 5.76 Å². The van der Waals surface area contributed by atoms with Crippen molar-refractivity contribution < 1.29 is 13.7 Å². The molecule has 120 valence electrons. The van der Waals surface area contributed by atoms with Crippen molar-refractivity contribution in [3.63, 3.8) is 0 Å². The van der Waals surface area contributed by atoms with Gasteiger partial charge in [0.15, 0.2) is 0 Å². The second-order valence-corrected chi connectivity index (χ2v) is 6.45. The second kappa shape index (κ2) is 5.04. The average molecular weight is 317 g/mol. The third-order valence-corrected chi connectivity index (χ3v) is 5.20. The molecule has 1 amide bonds. The zero-order valence-corrected chi connectivity index (χ0v) is 12.4. The number of benzene rings is 1. The van der Waals surface area contributed by atoms with Crippen LogP contribution >= 0.6 is 0 Å². The summed E-state index contributed by atoms with van der Waals surface area (Å²) in [5.74, 6) is -1.21. The largest absolute Gasteiger partial charge is 0.439 e. The fourth-order valence-electron chi connectivity index (χ4n) is 3.89. The minimum absolute atomic E-state index is 0.0531. The fraction of sp³-hybridized carbons (Fsp3) is 0.438. The topological polar surface area (TPSA) is 79.2 Å². The van der Waals surface area contributed by atoms with E-state index < -0.39 is 5.76 Å². The van der Waals surface area contributed by atoms with Crippen LogP contribution in [0.1, 0.15) is 41.4 Å². The van der Waals surface area contributed by atoms with Gasteiger partial charge in [-0.1, -0.05) is 18.6 Å². The standard InChI is InChI=1S/C16H16FN3O3/c17-11-4-2-10(3-5-11)12-8-20(9-16(12)6-1-7-16)14(21)13-18-15(22)23-19-13/h2-5,12H,1,6-9H2,(H,18,19,22)/t12-/m0/s1. The van der Waals surface area contributed by atoms with E-state index in [4.69, 9.17) is 0 Å². The van der Waals surface area contributed by atoms with E-state index in [0.717, 1.165) is 24.8 Å². The lowest BCUT2D eigenvalue weighted by atomic mass is 9.61. The van der Waals surface area contributed by atoms with Crippen LogP contribution in [0.5, 0.6) is 0 Å². The summed E-state index contributed by atoms with van der Waals surface area (Å²) in [4.78, 5) is 27.5. The molecule has 2 fully saturated rings. The van der Waals surface area contributed by atoms with Crippen LogP contribution in [0, 0.1) is 11.2 Å². The summed E-state index contributed by atoms with van der Waals surface area (Å²) >= 11 is 0. The van der Waals surface area contributed by atoms with Gasteiger partial charge in [0.25, 0.3) is 5.91 Å². The summed E-state index contributed by atoms with van der Waals surface area (Å²) in [6.07, 6.45) is 3.24. The minimum atomic E-state index is -0.735. The number of carbonyl (C=O) groups is 1. The predicted molar refractivity (Wildman–Crippen MR) is 78.5 cm³/mol. The number of likely N-dealkylation sites (tertiary alicyclic amines) is 1. The first-order valence-electron chi connectivity index (χ1n) is 7.68. The highest BCUT2D eigenvalue weighted by Gasteiger charge is 2.52. The number of nitrogens with zero attached hydrogens (tertiary/aromatic N) is 2. The summed E-state index contributed by atoms with van der Waals surface area (Å²) in [5.41, 5.74) is 1.10. The highest BCUT2D eigenvalue weighted by Crippen LogP contribution is 2.55. The molecule has 2 aromatic rings. The smallest absolute Gasteiger partial charge is 0.335 e. The Balaban J connectivity index is 1.62. The average Bonchev–Trinajstić information content (AvgIpc) is 3.11. The molecule has 1 saturated carbocycles. The van der Waals surface area contributed by atoms with Gasteiger partial charge in [0.05, 0.1) is 0 Å². The SMILES string of the molecule is O=C(c1noc(=O)[nH]1)N1C[C@@H](c2ccc(F)cc2)C2(CCC2)C1. The molecule has 4 rings (SSSR count). The maximum absolute atomic E-state index is 13.2. The number of nitrogens with one attached hydrogen (secondary N) is 1. The summed E-state index contributed by atoms with van der Waals surface area (Å²) in [7, 11) is 0. The number of hydrogen-bond donors (Lipinski definition) is 1. The van der Waals surface area contributed by atoms with E-state index >= 15 is 0 Å². The number of hydrogen-bond acceptors (Lipinski definition) is 4. The van der Waals surface area contributed by atoms with Crippen molar-refractivity contribution in [3.8, 4) is 0 Å². The van der Waals surface area contributed by atoms with E-state index in [1.54, 1.807) is 17.0 Å². The molecule has 1 atom stereocenters. The predicted octanol–water partition coefficient (Wildman–Crippen LogP) is 1.91. The zero-order chi connectivity index (χ0) is 16.0. The Kier molecular flexibility index (Phi) is 3.11. The van der Waals surface area contributed by atoms with Crippen LogP contribution in [-0.2, 0) is 0 Å². The summed E-state index contributed by atoms with van der Waals surface area (Å²) < 4.78 is 17.6. The maximum Gasteiger partial charge on any atom is 0.439 e. The number of aromatic amines is 1. The van der Waals surface area contributed by atoms with E-state index in [1.165, 1.54) is 12.1 Å². The molecule has 1 aliphatic carbocycles. The molecule has 6 nitrogen and oxygen atoms in total. The number of rotatable bonds is 2. The van der Waals surface area contributed by atoms with Gasteiger partial charge < -0.3 is 4.90 Å². The molecule has 23 heavy (non-hydrogen) atoms. The lowest BCUT2D eigenvalue weighted by Gasteiger charge is -2.43. The molecule has 0 radical (unpaired) electrons. The summed E-state index contributed by atoms with van der Waals surface area (Å²) in [6, 6.07) is 6.51. The molecule has 1 aromatic heterocycles. The van der Waals surface area contributed by atoms with Gasteiger partial charge >= 0.3 is 5.76 Å². The van der Waals surface area contributed by atoms with Crippen LogP contribution in [-0.4, -0.2) is 34.0 Å². The third-order valence-electron chi connectivity index (χ3n) is 5.20. The lowest BCUT2D eigenvalue weighted by molar-refractivity contribution is 0.0711. The molecule has 7 heteroatoms. The Bertz CT molecular complexity index is 791. The molecule has 2 aliphatic rings. The molecule has 1 spiro atoms. The van der Waals surface area contributed by atoms with Gasteiger partial charge in [-0.2, -0.15) is 0 Å². The molecule has 1 N–H and O–H groups in total. The molecular weight excluding hydrogens is 301 g/mol. The van der Waals surface area contributed by atoms with Gasteiger partial charge in [0, 0.05) is 19.0 Å². The van der Waals surface area contributed by atoms with Gasteiger partial charge in [0.1, 0.15) is 5.82 Å². The summed E-state index contributed by atoms with van der Waals surface area (Å²) in [6.45, 7) is 1.17. The van der Waals surface area contributed by atoms with Crippen LogP contribution in [0.2, 0.25) is 0 Å². The Labute approximate surface area is 131 Å². The van der Waals surface area contributed by atoms with Crippen LogP contribution in [0.25, 0.3) is 0 Å². The molecular formula is C16H16FN3O3. The third kappa shape index (κ3) is 2.27. The van der Waals surface area contributed by atoms with Crippen molar-refractivity contribution >= 4 is 5.91 Å². The Hall–Kier alpha value is -2.44. The van der Waals surface area contributed by atoms with Crippen molar-refractivity contribution in [2.75, 3.05) is 13.1 Å². The monoisotopic (exact) mass is 317 g/mol. The van der Waals surface area contributed by atoms with Crippen molar-refractivity contribution in [1.29, 1.82) is 0 Å². The first-order valence-corrected chi connectivity index (χ1v) is 7.68. The molecule has 1 aromatic carbocycles. The number of amides is 1.